The second kappa shape index (κ2) is 12.3. The molecule has 0 aliphatic heterocycles. The van der Waals surface area contributed by atoms with E-state index in [2.05, 4.69) is 16.7 Å². The first kappa shape index (κ1) is 27.3. The summed E-state index contributed by atoms with van der Waals surface area (Å²) < 4.78 is 9.92. The van der Waals surface area contributed by atoms with Gasteiger partial charge in [0.15, 0.2) is 0 Å². The summed E-state index contributed by atoms with van der Waals surface area (Å²) in [5.74, 6) is -1.86. The van der Waals surface area contributed by atoms with Crippen molar-refractivity contribution in [2.45, 2.75) is 52.7 Å². The van der Waals surface area contributed by atoms with Gasteiger partial charge < -0.3 is 25.2 Å². The molecule has 33 heavy (non-hydrogen) atoms. The fourth-order valence-corrected chi connectivity index (χ4v) is 2.72. The van der Waals surface area contributed by atoms with E-state index in [9.17, 15) is 24.3 Å². The number of ether oxygens (including phenoxy) is 2. The van der Waals surface area contributed by atoms with E-state index in [0.29, 0.717) is 11.1 Å². The van der Waals surface area contributed by atoms with Gasteiger partial charge in [-0.15, -0.1) is 0 Å². The Bertz CT molecular complexity index is 916. The number of nitrogens with one attached hydrogen (secondary N) is 2. The van der Waals surface area contributed by atoms with Crippen LogP contribution in [-0.2, 0) is 23.9 Å². The number of benzene rings is 1. The van der Waals surface area contributed by atoms with Crippen LogP contribution in [0.25, 0.3) is 0 Å². The summed E-state index contributed by atoms with van der Waals surface area (Å²) in [4.78, 5) is 50.0. The zero-order valence-electron chi connectivity index (χ0n) is 19.6. The molecule has 1 atom stereocenters. The summed E-state index contributed by atoms with van der Waals surface area (Å²) in [7, 11) is 0. The summed E-state index contributed by atoms with van der Waals surface area (Å²) in [6.07, 6.45) is 4.67. The minimum absolute atomic E-state index is 0.00500. The van der Waals surface area contributed by atoms with Crippen LogP contribution >= 0.6 is 0 Å². The van der Waals surface area contributed by atoms with E-state index in [1.165, 1.54) is 18.2 Å². The molecule has 0 bridgehead atoms. The highest BCUT2D eigenvalue weighted by Crippen LogP contribution is 2.26. The predicted octanol–water partition coefficient (Wildman–Crippen LogP) is 1.76. The van der Waals surface area contributed by atoms with E-state index < -0.39 is 42.1 Å². The number of hydrogen-bond donors (Lipinski definition) is 3. The monoisotopic (exact) mass is 461 g/mol. The van der Waals surface area contributed by atoms with Crippen LogP contribution in [0, 0.1) is 19.4 Å². The Hall–Kier alpha value is -3.74. The van der Waals surface area contributed by atoms with Gasteiger partial charge in [0.05, 0.1) is 13.0 Å². The topological polar surface area (TPSA) is 134 Å². The third kappa shape index (κ3) is 9.11. The van der Waals surface area contributed by atoms with E-state index in [4.69, 9.17) is 15.9 Å². The van der Waals surface area contributed by atoms with Gasteiger partial charge in [0.2, 0.25) is 5.91 Å². The number of carbonyl (C=O) groups excluding carboxylic acids is 4. The molecule has 0 fully saturated rings. The largest absolute Gasteiger partial charge is 0.508 e. The number of esters is 1. The molecular weight excluding hydrogens is 430 g/mol. The lowest BCUT2D eigenvalue weighted by Crippen LogP contribution is -2.46. The average molecular weight is 462 g/mol. The Morgan fingerprint density at radius 3 is 2.42 bits per heavy atom. The molecule has 0 saturated heterocycles. The number of amides is 3. The molecule has 0 saturated carbocycles. The average Bonchev–Trinajstić information content (AvgIpc) is 2.71. The Morgan fingerprint density at radius 2 is 1.88 bits per heavy atom. The minimum Gasteiger partial charge on any atom is -0.508 e. The summed E-state index contributed by atoms with van der Waals surface area (Å²) in [5.41, 5.74) is 0.0414. The SMILES string of the molecule is C#CN(C(=O)CNC(=O)OC(C)(C)C)C(C(=O)NCCC(=O)OCC)c1ccc(O)c(C)c1. The van der Waals surface area contributed by atoms with E-state index >= 15 is 0 Å². The molecule has 0 radical (unpaired) electrons. The normalized spacial score (nSPS) is 11.5. The number of terminal acetylenes is 1. The molecule has 0 aromatic heterocycles. The first-order valence-electron chi connectivity index (χ1n) is 10.4. The van der Waals surface area contributed by atoms with Gasteiger partial charge in [-0.3, -0.25) is 19.3 Å². The number of carbonyl (C=O) groups is 4. The number of alkyl carbamates (subject to hydrolysis) is 1. The number of phenols is 1. The van der Waals surface area contributed by atoms with Gasteiger partial charge in [0.25, 0.3) is 5.91 Å². The van der Waals surface area contributed by atoms with Crippen LogP contribution in [0.15, 0.2) is 18.2 Å². The fourth-order valence-electron chi connectivity index (χ4n) is 2.72. The van der Waals surface area contributed by atoms with Gasteiger partial charge in [-0.1, -0.05) is 12.5 Å². The maximum atomic E-state index is 13.0. The van der Waals surface area contributed by atoms with Crippen LogP contribution in [0.3, 0.4) is 0 Å². The quantitative estimate of drug-likeness (QED) is 0.290. The summed E-state index contributed by atoms with van der Waals surface area (Å²) in [6, 6.07) is 5.26. The minimum atomic E-state index is -1.27. The van der Waals surface area contributed by atoms with Crippen LogP contribution in [0.2, 0.25) is 0 Å². The number of aromatic hydroxyl groups is 1. The standard InChI is InChI=1S/C23H31N3O7/c1-7-26(18(28)14-25-22(31)33-23(4,5)6)20(16-9-10-17(27)15(3)13-16)21(30)24-12-11-19(29)32-8-2/h1,9-10,13,20,27H,8,11-12,14H2,2-6H3,(H,24,30)(H,25,31). The molecule has 1 aromatic carbocycles. The maximum Gasteiger partial charge on any atom is 0.408 e. The number of phenolic OH excluding ortho intramolecular Hbond substituents is 1. The second-order valence-corrected chi connectivity index (χ2v) is 8.04. The summed E-state index contributed by atoms with van der Waals surface area (Å²) >= 11 is 0. The van der Waals surface area contributed by atoms with Gasteiger partial charge in [0, 0.05) is 12.6 Å². The maximum absolute atomic E-state index is 13.0. The lowest BCUT2D eigenvalue weighted by atomic mass is 10.0. The summed E-state index contributed by atoms with van der Waals surface area (Å²) in [5, 5.41) is 14.7. The van der Waals surface area contributed by atoms with E-state index in [1.54, 1.807) is 34.6 Å². The number of aryl methyl sites for hydroxylation is 1. The molecule has 10 nitrogen and oxygen atoms in total. The van der Waals surface area contributed by atoms with Crippen LogP contribution in [0.5, 0.6) is 5.75 Å². The highest BCUT2D eigenvalue weighted by molar-refractivity contribution is 5.91. The van der Waals surface area contributed by atoms with Crippen molar-refractivity contribution in [3.8, 4) is 18.2 Å². The molecule has 1 unspecified atom stereocenters. The predicted molar refractivity (Wildman–Crippen MR) is 120 cm³/mol. The first-order chi connectivity index (χ1) is 15.4. The van der Waals surface area contributed by atoms with Crippen molar-refractivity contribution in [3.05, 3.63) is 29.3 Å². The Kier molecular flexibility index (Phi) is 10.2. The Labute approximate surface area is 193 Å². The number of hydrogen-bond acceptors (Lipinski definition) is 7. The molecule has 3 amide bonds. The molecular formula is C23H31N3O7. The van der Waals surface area contributed by atoms with Crippen molar-refractivity contribution in [2.24, 2.45) is 0 Å². The van der Waals surface area contributed by atoms with Gasteiger partial charge in [-0.05, 0) is 57.9 Å². The van der Waals surface area contributed by atoms with E-state index in [1.807, 2.05) is 0 Å². The van der Waals surface area contributed by atoms with E-state index in [-0.39, 0.29) is 25.3 Å². The molecule has 1 aromatic rings. The second-order valence-electron chi connectivity index (χ2n) is 8.04. The van der Waals surface area contributed by atoms with Crippen molar-refractivity contribution < 1.29 is 33.8 Å². The van der Waals surface area contributed by atoms with Crippen molar-refractivity contribution in [3.63, 3.8) is 0 Å². The summed E-state index contributed by atoms with van der Waals surface area (Å²) in [6.45, 7) is 7.98. The Balaban J connectivity index is 3.06. The Morgan fingerprint density at radius 1 is 1.21 bits per heavy atom. The van der Waals surface area contributed by atoms with Crippen molar-refractivity contribution in [1.29, 1.82) is 0 Å². The fraction of sp³-hybridized carbons (Fsp3) is 0.478. The van der Waals surface area contributed by atoms with Crippen molar-refractivity contribution in [2.75, 3.05) is 19.7 Å². The highest BCUT2D eigenvalue weighted by atomic mass is 16.6. The third-order valence-corrected chi connectivity index (χ3v) is 4.17. The molecule has 1 rings (SSSR count). The lowest BCUT2D eigenvalue weighted by molar-refractivity contribution is -0.143. The molecule has 0 heterocycles. The zero-order valence-corrected chi connectivity index (χ0v) is 19.6. The number of rotatable bonds is 9. The highest BCUT2D eigenvalue weighted by Gasteiger charge is 2.31. The van der Waals surface area contributed by atoms with Crippen LogP contribution in [-0.4, -0.2) is 59.2 Å². The smallest absolute Gasteiger partial charge is 0.408 e. The molecule has 0 aliphatic rings. The van der Waals surface area contributed by atoms with Crippen LogP contribution in [0.1, 0.15) is 51.3 Å². The van der Waals surface area contributed by atoms with Crippen molar-refractivity contribution >= 4 is 23.9 Å². The van der Waals surface area contributed by atoms with Crippen LogP contribution in [0.4, 0.5) is 4.79 Å². The van der Waals surface area contributed by atoms with Gasteiger partial charge >= 0.3 is 12.1 Å². The molecule has 0 aliphatic carbocycles. The van der Waals surface area contributed by atoms with Crippen molar-refractivity contribution in [1.82, 2.24) is 15.5 Å². The number of nitrogens with zero attached hydrogens (tertiary/aromatic N) is 1. The molecule has 10 heteroatoms. The first-order valence-corrected chi connectivity index (χ1v) is 10.4. The van der Waals surface area contributed by atoms with Gasteiger partial charge in [-0.25, -0.2) is 4.79 Å². The molecule has 180 valence electrons. The van der Waals surface area contributed by atoms with E-state index in [0.717, 1.165) is 4.90 Å². The lowest BCUT2D eigenvalue weighted by Gasteiger charge is -2.27. The third-order valence-electron chi connectivity index (χ3n) is 4.17. The zero-order chi connectivity index (χ0) is 25.2. The molecule has 3 N–H and O–H groups in total. The van der Waals surface area contributed by atoms with Crippen LogP contribution < -0.4 is 10.6 Å². The molecule has 0 spiro atoms. The van der Waals surface area contributed by atoms with Gasteiger partial charge in [-0.2, -0.15) is 0 Å². The van der Waals surface area contributed by atoms with Gasteiger partial charge in [0.1, 0.15) is 23.9 Å².